The van der Waals surface area contributed by atoms with Crippen molar-refractivity contribution in [2.75, 3.05) is 5.75 Å². The van der Waals surface area contributed by atoms with E-state index in [2.05, 4.69) is 13.2 Å². The van der Waals surface area contributed by atoms with Crippen LogP contribution in [0.25, 0.3) is 0 Å². The minimum Gasteiger partial charge on any atom is -0.388 e. The lowest BCUT2D eigenvalue weighted by Crippen LogP contribution is -2.61. The number of thioether (sulfide) groups is 1. The molecule has 6 heteroatoms. The molecule has 0 aromatic carbocycles. The Balaban J connectivity index is 2.79. The average Bonchev–Trinajstić information content (AvgIpc) is 2.43. The Hall–Kier alpha value is -0.370. The van der Waals surface area contributed by atoms with Crippen molar-refractivity contribution in [2.45, 2.75) is 56.2 Å². The summed E-state index contributed by atoms with van der Waals surface area (Å²) in [6.45, 7) is 11.4. The van der Waals surface area contributed by atoms with Gasteiger partial charge in [-0.3, -0.25) is 0 Å². The fourth-order valence-electron chi connectivity index (χ4n) is 2.34. The summed E-state index contributed by atoms with van der Waals surface area (Å²) < 4.78 is 5.73. The highest BCUT2D eigenvalue weighted by molar-refractivity contribution is 7.99. The van der Waals surface area contributed by atoms with Gasteiger partial charge in [0.2, 0.25) is 0 Å². The molecule has 0 saturated carbocycles. The Labute approximate surface area is 130 Å². The molecule has 0 bridgehead atoms. The molecule has 21 heavy (non-hydrogen) atoms. The molecule has 0 amide bonds. The van der Waals surface area contributed by atoms with Crippen LogP contribution >= 0.6 is 11.8 Å². The first kappa shape index (κ1) is 18.7. The van der Waals surface area contributed by atoms with Gasteiger partial charge >= 0.3 is 0 Å². The largest absolute Gasteiger partial charge is 0.388 e. The van der Waals surface area contributed by atoms with E-state index in [-0.39, 0.29) is 5.41 Å². The van der Waals surface area contributed by atoms with E-state index in [0.29, 0.717) is 12.2 Å². The lowest BCUT2D eigenvalue weighted by molar-refractivity contribution is -0.204. The molecule has 5 N–H and O–H groups in total. The second kappa shape index (κ2) is 7.76. The van der Waals surface area contributed by atoms with E-state index >= 15 is 0 Å². The third-order valence-corrected chi connectivity index (χ3v) is 4.87. The van der Waals surface area contributed by atoms with Crippen LogP contribution in [0.1, 0.15) is 20.3 Å². The topological polar surface area (TPSA) is 95.9 Å². The molecule has 1 heterocycles. The lowest BCUT2D eigenvalue weighted by Gasteiger charge is -2.43. The van der Waals surface area contributed by atoms with Crippen molar-refractivity contribution in [1.82, 2.24) is 0 Å². The normalized spacial score (nSPS) is 35.2. The fourth-order valence-corrected chi connectivity index (χ4v) is 3.23. The molecule has 6 atom stereocenters. The summed E-state index contributed by atoms with van der Waals surface area (Å²) >= 11 is 1.32. The second-order valence-electron chi connectivity index (χ2n) is 6.12. The van der Waals surface area contributed by atoms with Crippen LogP contribution in [0.5, 0.6) is 0 Å². The van der Waals surface area contributed by atoms with Gasteiger partial charge in [0.25, 0.3) is 0 Å². The summed E-state index contributed by atoms with van der Waals surface area (Å²) in [7, 11) is 0. The third-order valence-electron chi connectivity index (χ3n) is 3.72. The van der Waals surface area contributed by atoms with Crippen LogP contribution in [-0.4, -0.2) is 57.0 Å². The number of allylic oxidation sites excluding steroid dienone is 1. The Bertz CT molecular complexity index is 364. The zero-order chi connectivity index (χ0) is 16.2. The van der Waals surface area contributed by atoms with Gasteiger partial charge in [0.15, 0.2) is 0 Å². The number of rotatable bonds is 7. The molecule has 1 fully saturated rings. The molecule has 5 nitrogen and oxygen atoms in total. The predicted octanol–water partition coefficient (Wildman–Crippen LogP) is 0.643. The molecule has 122 valence electrons. The van der Waals surface area contributed by atoms with Crippen LogP contribution in [0.15, 0.2) is 25.3 Å². The van der Waals surface area contributed by atoms with E-state index in [1.807, 2.05) is 13.8 Å². The minimum atomic E-state index is -1.27. The number of aliphatic hydroxyl groups excluding tert-OH is 3. The van der Waals surface area contributed by atoms with Gasteiger partial charge < -0.3 is 25.8 Å². The molecule has 0 radical (unpaired) electrons. The molecular weight excluding hydrogens is 290 g/mol. The van der Waals surface area contributed by atoms with E-state index in [1.54, 1.807) is 12.2 Å². The van der Waals surface area contributed by atoms with Crippen molar-refractivity contribution < 1.29 is 20.1 Å². The number of aliphatic hydroxyl groups is 3. The molecule has 1 saturated heterocycles. The van der Waals surface area contributed by atoms with Gasteiger partial charge in [-0.15, -0.1) is 24.9 Å². The summed E-state index contributed by atoms with van der Waals surface area (Å²) in [5, 5.41) is 30.1. The van der Waals surface area contributed by atoms with E-state index in [0.717, 1.165) is 0 Å². The first-order valence-corrected chi connectivity index (χ1v) is 8.09. The fraction of sp³-hybridized carbons (Fsp3) is 0.733. The van der Waals surface area contributed by atoms with Crippen molar-refractivity contribution in [2.24, 2.45) is 11.1 Å². The number of ether oxygens (including phenoxy) is 1. The molecule has 1 aliphatic heterocycles. The molecule has 0 aliphatic carbocycles. The Kier molecular flexibility index (Phi) is 6.90. The number of hydrogen-bond acceptors (Lipinski definition) is 6. The van der Waals surface area contributed by atoms with Gasteiger partial charge in [-0.2, -0.15) is 0 Å². The SMILES string of the molecule is C=CCS[C@H]1O[C@H](C(N)CC(C)(C)C=C)[C@H](O)[C@H](O)[C@H]1O. The molecule has 0 spiro atoms. The summed E-state index contributed by atoms with van der Waals surface area (Å²) in [5.41, 5.74) is 5.31. The van der Waals surface area contributed by atoms with Crippen LogP contribution in [0.2, 0.25) is 0 Å². The highest BCUT2D eigenvalue weighted by Gasteiger charge is 2.46. The zero-order valence-corrected chi connectivity index (χ0v) is 13.5. The van der Waals surface area contributed by atoms with Gasteiger partial charge in [-0.25, -0.2) is 0 Å². The monoisotopic (exact) mass is 317 g/mol. The van der Waals surface area contributed by atoms with E-state index in [4.69, 9.17) is 10.5 Å². The average molecular weight is 317 g/mol. The van der Waals surface area contributed by atoms with Crippen molar-refractivity contribution in [3.05, 3.63) is 25.3 Å². The Morgan fingerprint density at radius 3 is 2.38 bits per heavy atom. The Morgan fingerprint density at radius 1 is 1.24 bits per heavy atom. The van der Waals surface area contributed by atoms with Crippen molar-refractivity contribution in [3.63, 3.8) is 0 Å². The maximum atomic E-state index is 10.1. The maximum Gasteiger partial charge on any atom is 0.132 e. The molecule has 0 aromatic rings. The van der Waals surface area contributed by atoms with Crippen LogP contribution in [0, 0.1) is 5.41 Å². The number of nitrogens with two attached hydrogens (primary N) is 1. The first-order chi connectivity index (χ1) is 9.73. The molecule has 0 aromatic heterocycles. The van der Waals surface area contributed by atoms with Crippen molar-refractivity contribution >= 4 is 11.8 Å². The standard InChI is InChI=1S/C15H27NO4S/c1-5-7-21-14-12(19)10(17)11(18)13(20-14)9(16)8-15(3,4)6-2/h5-6,9-14,17-19H,1-2,7-8,16H2,3-4H3/t9?,10-,11+,12+,13+,14+/m0/s1. The highest BCUT2D eigenvalue weighted by atomic mass is 32.2. The van der Waals surface area contributed by atoms with E-state index in [1.165, 1.54) is 11.8 Å². The van der Waals surface area contributed by atoms with Gasteiger partial charge in [0, 0.05) is 11.8 Å². The van der Waals surface area contributed by atoms with E-state index < -0.39 is 35.9 Å². The minimum absolute atomic E-state index is 0.201. The maximum absolute atomic E-state index is 10.1. The van der Waals surface area contributed by atoms with Crippen LogP contribution in [-0.2, 0) is 4.74 Å². The van der Waals surface area contributed by atoms with E-state index in [9.17, 15) is 15.3 Å². The molecular formula is C15H27NO4S. The zero-order valence-electron chi connectivity index (χ0n) is 12.7. The van der Waals surface area contributed by atoms with Crippen molar-refractivity contribution in [1.29, 1.82) is 0 Å². The summed E-state index contributed by atoms with van der Waals surface area (Å²) in [6, 6.07) is -0.470. The predicted molar refractivity (Wildman–Crippen MR) is 85.9 cm³/mol. The van der Waals surface area contributed by atoms with Crippen molar-refractivity contribution in [3.8, 4) is 0 Å². The lowest BCUT2D eigenvalue weighted by atomic mass is 9.82. The summed E-state index contributed by atoms with van der Waals surface area (Å²) in [5.74, 6) is 0.574. The van der Waals surface area contributed by atoms with Gasteiger partial charge in [0.1, 0.15) is 29.9 Å². The molecule has 1 aliphatic rings. The van der Waals surface area contributed by atoms with Gasteiger partial charge in [-0.1, -0.05) is 26.0 Å². The highest BCUT2D eigenvalue weighted by Crippen LogP contribution is 2.32. The summed E-state index contributed by atoms with van der Waals surface area (Å²) in [4.78, 5) is 0. The quantitative estimate of drug-likeness (QED) is 0.515. The van der Waals surface area contributed by atoms with Crippen LogP contribution in [0.3, 0.4) is 0 Å². The summed E-state index contributed by atoms with van der Waals surface area (Å²) in [6.07, 6.45) is -0.323. The first-order valence-electron chi connectivity index (χ1n) is 7.05. The molecule has 1 unspecified atom stereocenters. The van der Waals surface area contributed by atoms with Gasteiger partial charge in [0.05, 0.1) is 0 Å². The third kappa shape index (κ3) is 4.81. The van der Waals surface area contributed by atoms with Crippen LogP contribution in [0.4, 0.5) is 0 Å². The van der Waals surface area contributed by atoms with Crippen LogP contribution < -0.4 is 5.73 Å². The molecule has 1 rings (SSSR count). The number of hydrogen-bond donors (Lipinski definition) is 4. The Morgan fingerprint density at radius 2 is 1.86 bits per heavy atom. The smallest absolute Gasteiger partial charge is 0.132 e. The second-order valence-corrected chi connectivity index (χ2v) is 7.25. The van der Waals surface area contributed by atoms with Gasteiger partial charge in [-0.05, 0) is 11.8 Å².